The van der Waals surface area contributed by atoms with E-state index in [0.717, 1.165) is 36.7 Å². The van der Waals surface area contributed by atoms with Crippen molar-refractivity contribution in [1.29, 1.82) is 0 Å². The molecule has 0 aliphatic carbocycles. The molecule has 0 bridgehead atoms. The topological polar surface area (TPSA) is 45.7 Å². The molecule has 2 aromatic rings. The summed E-state index contributed by atoms with van der Waals surface area (Å²) in [4.78, 5) is 4.20. The molecule has 2 N–H and O–H groups in total. The van der Waals surface area contributed by atoms with Crippen LogP contribution in [0.3, 0.4) is 0 Å². The molecular weight excluding hydrogens is 305 g/mol. The van der Waals surface area contributed by atoms with Gasteiger partial charge in [0.05, 0.1) is 7.11 Å². The molecule has 0 heterocycles. The molecule has 128 valence electrons. The minimum absolute atomic E-state index is 0.201. The summed E-state index contributed by atoms with van der Waals surface area (Å²) in [5, 5.41) is 6.51. The number of hydrogen-bond donors (Lipinski definition) is 2. The molecule has 0 aliphatic heterocycles. The first kappa shape index (κ1) is 17.8. The van der Waals surface area contributed by atoms with Gasteiger partial charge in [-0.1, -0.05) is 24.3 Å². The maximum Gasteiger partial charge on any atom is 0.190 e. The molecule has 2 aromatic carbocycles. The highest BCUT2D eigenvalue weighted by atomic mass is 19.1. The van der Waals surface area contributed by atoms with E-state index < -0.39 is 0 Å². The van der Waals surface area contributed by atoms with Crippen molar-refractivity contribution in [2.45, 2.75) is 12.8 Å². The number of benzene rings is 2. The summed E-state index contributed by atoms with van der Waals surface area (Å²) in [5.41, 5.74) is 2.17. The van der Waals surface area contributed by atoms with Gasteiger partial charge in [0.2, 0.25) is 0 Å². The fourth-order valence-electron chi connectivity index (χ4n) is 2.39. The highest BCUT2D eigenvalue weighted by Crippen LogP contribution is 2.12. The zero-order valence-corrected chi connectivity index (χ0v) is 14.2. The van der Waals surface area contributed by atoms with Gasteiger partial charge in [-0.3, -0.25) is 4.99 Å². The van der Waals surface area contributed by atoms with Crippen molar-refractivity contribution in [1.82, 2.24) is 10.6 Å². The van der Waals surface area contributed by atoms with Gasteiger partial charge in [-0.15, -0.1) is 0 Å². The lowest BCUT2D eigenvalue weighted by molar-refractivity contribution is 0.414. The van der Waals surface area contributed by atoms with Gasteiger partial charge in [0.15, 0.2) is 5.96 Å². The van der Waals surface area contributed by atoms with E-state index in [1.807, 2.05) is 24.3 Å². The molecule has 0 unspecified atom stereocenters. The first-order valence-electron chi connectivity index (χ1n) is 8.03. The SMILES string of the molecule is CN=C(NCCc1cccc(F)c1)NCCc1cccc(OC)c1. The maximum absolute atomic E-state index is 13.1. The average molecular weight is 329 g/mol. The third-order valence-electron chi connectivity index (χ3n) is 3.66. The van der Waals surface area contributed by atoms with Gasteiger partial charge in [-0.25, -0.2) is 4.39 Å². The van der Waals surface area contributed by atoms with Crippen LogP contribution in [0.5, 0.6) is 5.75 Å². The van der Waals surface area contributed by atoms with Gasteiger partial charge in [0.25, 0.3) is 0 Å². The Labute approximate surface area is 142 Å². The molecule has 4 nitrogen and oxygen atoms in total. The quantitative estimate of drug-likeness (QED) is 0.606. The molecule has 0 radical (unpaired) electrons. The summed E-state index contributed by atoms with van der Waals surface area (Å²) < 4.78 is 18.4. The van der Waals surface area contributed by atoms with Gasteiger partial charge in [-0.2, -0.15) is 0 Å². The Morgan fingerprint density at radius 1 is 1.00 bits per heavy atom. The predicted octanol–water partition coefficient (Wildman–Crippen LogP) is 2.78. The lowest BCUT2D eigenvalue weighted by Gasteiger charge is -2.12. The van der Waals surface area contributed by atoms with E-state index in [0.29, 0.717) is 6.54 Å². The van der Waals surface area contributed by atoms with Gasteiger partial charge in [-0.05, 0) is 48.2 Å². The van der Waals surface area contributed by atoms with E-state index >= 15 is 0 Å². The lowest BCUT2D eigenvalue weighted by atomic mass is 10.1. The van der Waals surface area contributed by atoms with E-state index in [-0.39, 0.29) is 5.82 Å². The Morgan fingerprint density at radius 2 is 1.62 bits per heavy atom. The van der Waals surface area contributed by atoms with Crippen LogP contribution in [0.4, 0.5) is 4.39 Å². The maximum atomic E-state index is 13.1. The number of methoxy groups -OCH3 is 1. The Kier molecular flexibility index (Phi) is 7.08. The molecule has 0 atom stereocenters. The smallest absolute Gasteiger partial charge is 0.190 e. The molecule has 24 heavy (non-hydrogen) atoms. The number of nitrogens with one attached hydrogen (secondary N) is 2. The van der Waals surface area contributed by atoms with Crippen LogP contribution in [0.2, 0.25) is 0 Å². The highest BCUT2D eigenvalue weighted by Gasteiger charge is 2.00. The van der Waals surface area contributed by atoms with Crippen molar-refractivity contribution in [2.24, 2.45) is 4.99 Å². The number of hydrogen-bond acceptors (Lipinski definition) is 2. The number of aliphatic imine (C=N–C) groups is 1. The van der Waals surface area contributed by atoms with Crippen LogP contribution >= 0.6 is 0 Å². The van der Waals surface area contributed by atoms with Crippen LogP contribution in [0.25, 0.3) is 0 Å². The predicted molar refractivity (Wildman–Crippen MR) is 96.2 cm³/mol. The lowest BCUT2D eigenvalue weighted by Crippen LogP contribution is -2.39. The minimum atomic E-state index is -0.201. The summed E-state index contributed by atoms with van der Waals surface area (Å²) in [7, 11) is 3.41. The van der Waals surface area contributed by atoms with Crippen LogP contribution < -0.4 is 15.4 Å². The van der Waals surface area contributed by atoms with Gasteiger partial charge in [0.1, 0.15) is 11.6 Å². The number of rotatable bonds is 7. The van der Waals surface area contributed by atoms with Crippen molar-refractivity contribution in [3.8, 4) is 5.75 Å². The molecule has 0 saturated carbocycles. The second kappa shape index (κ2) is 9.55. The normalized spacial score (nSPS) is 11.2. The number of guanidine groups is 1. The third kappa shape index (κ3) is 5.91. The molecule has 0 amide bonds. The van der Waals surface area contributed by atoms with E-state index in [1.165, 1.54) is 11.6 Å². The molecule has 0 aliphatic rings. The zero-order valence-electron chi connectivity index (χ0n) is 14.2. The molecule has 0 aromatic heterocycles. The number of halogens is 1. The van der Waals surface area contributed by atoms with Crippen LogP contribution in [0, 0.1) is 5.82 Å². The Bertz CT molecular complexity index is 673. The standard InChI is InChI=1S/C19H24FN3O/c1-21-19(22-11-9-15-5-3-7-17(20)13-15)23-12-10-16-6-4-8-18(14-16)24-2/h3-8,13-14H,9-12H2,1-2H3,(H2,21,22,23). The van der Waals surface area contributed by atoms with Gasteiger partial charge < -0.3 is 15.4 Å². The van der Waals surface area contributed by atoms with Crippen LogP contribution in [-0.2, 0) is 12.8 Å². The zero-order chi connectivity index (χ0) is 17.2. The van der Waals surface area contributed by atoms with Crippen molar-refractivity contribution >= 4 is 5.96 Å². The highest BCUT2D eigenvalue weighted by molar-refractivity contribution is 5.79. The molecule has 2 rings (SSSR count). The molecule has 0 fully saturated rings. The summed E-state index contributed by atoms with van der Waals surface area (Å²) in [6.45, 7) is 1.47. The van der Waals surface area contributed by atoms with Crippen LogP contribution in [0.15, 0.2) is 53.5 Å². The largest absolute Gasteiger partial charge is 0.497 e. The van der Waals surface area contributed by atoms with E-state index in [4.69, 9.17) is 4.74 Å². The van der Waals surface area contributed by atoms with Gasteiger partial charge in [0, 0.05) is 20.1 Å². The second-order valence-electron chi connectivity index (χ2n) is 5.41. The van der Waals surface area contributed by atoms with E-state index in [1.54, 1.807) is 26.3 Å². The molecular formula is C19H24FN3O. The molecule has 5 heteroatoms. The summed E-state index contributed by atoms with van der Waals surface area (Å²) in [6.07, 6.45) is 1.62. The second-order valence-corrected chi connectivity index (χ2v) is 5.41. The van der Waals surface area contributed by atoms with Crippen molar-refractivity contribution in [3.63, 3.8) is 0 Å². The first-order chi connectivity index (χ1) is 11.7. The van der Waals surface area contributed by atoms with Crippen molar-refractivity contribution in [3.05, 3.63) is 65.5 Å². The summed E-state index contributed by atoms with van der Waals surface area (Å²) >= 11 is 0. The molecule has 0 spiro atoms. The van der Waals surface area contributed by atoms with Crippen LogP contribution in [-0.4, -0.2) is 33.2 Å². The fraction of sp³-hybridized carbons (Fsp3) is 0.316. The van der Waals surface area contributed by atoms with E-state index in [9.17, 15) is 4.39 Å². The number of nitrogens with zero attached hydrogens (tertiary/aromatic N) is 1. The summed E-state index contributed by atoms with van der Waals surface area (Å²) in [5.74, 6) is 1.41. The molecule has 0 saturated heterocycles. The van der Waals surface area contributed by atoms with Gasteiger partial charge >= 0.3 is 0 Å². The Balaban J connectivity index is 1.72. The number of ether oxygens (including phenoxy) is 1. The summed E-state index contributed by atoms with van der Waals surface area (Å²) in [6, 6.07) is 14.7. The first-order valence-corrected chi connectivity index (χ1v) is 8.03. The average Bonchev–Trinajstić information content (AvgIpc) is 2.60. The van der Waals surface area contributed by atoms with Crippen molar-refractivity contribution in [2.75, 3.05) is 27.2 Å². The van der Waals surface area contributed by atoms with Crippen LogP contribution in [0.1, 0.15) is 11.1 Å². The minimum Gasteiger partial charge on any atom is -0.497 e. The Morgan fingerprint density at radius 3 is 2.21 bits per heavy atom. The van der Waals surface area contributed by atoms with E-state index in [2.05, 4.69) is 21.7 Å². The monoisotopic (exact) mass is 329 g/mol. The van der Waals surface area contributed by atoms with Crippen molar-refractivity contribution < 1.29 is 9.13 Å². The fourth-order valence-corrected chi connectivity index (χ4v) is 2.39. The Hall–Kier alpha value is -2.56. The third-order valence-corrected chi connectivity index (χ3v) is 3.66.